The predicted molar refractivity (Wildman–Crippen MR) is 283 cm³/mol. The number of benzene rings is 8. The molecule has 2 aliphatic heterocycles. The van der Waals surface area contributed by atoms with Crippen LogP contribution in [-0.4, -0.2) is 11.3 Å². The normalized spacial score (nSPS) is 15.0. The van der Waals surface area contributed by atoms with E-state index in [-0.39, 0.29) is 17.5 Å². The van der Waals surface area contributed by atoms with Gasteiger partial charge in [-0.1, -0.05) is 164 Å². The van der Waals surface area contributed by atoms with Crippen molar-refractivity contribution >= 4 is 79.0 Å². The van der Waals surface area contributed by atoms with Gasteiger partial charge in [-0.15, -0.1) is 0 Å². The van der Waals surface area contributed by atoms with E-state index >= 15 is 0 Å². The van der Waals surface area contributed by atoms with E-state index in [1.165, 1.54) is 132 Å². The highest BCUT2D eigenvalue weighted by Gasteiger charge is 2.45. The molecule has 0 unspecified atom stereocenters. The van der Waals surface area contributed by atoms with Crippen LogP contribution in [0.5, 0.6) is 0 Å². The fourth-order valence-electron chi connectivity index (χ4n) is 11.6. The maximum absolute atomic E-state index is 2.57. The molecule has 12 rings (SSSR count). The molecule has 3 heterocycles. The van der Waals surface area contributed by atoms with Crippen molar-refractivity contribution in [3.05, 3.63) is 193 Å². The Morgan fingerprint density at radius 2 is 1.08 bits per heavy atom. The zero-order valence-electron chi connectivity index (χ0n) is 39.3. The van der Waals surface area contributed by atoms with Crippen LogP contribution in [0.2, 0.25) is 0 Å². The summed E-state index contributed by atoms with van der Waals surface area (Å²) in [6.45, 7) is 14.1. The first-order valence-corrected chi connectivity index (χ1v) is 24.3. The van der Waals surface area contributed by atoms with Crippen LogP contribution < -0.4 is 26.2 Å². The van der Waals surface area contributed by atoms with Gasteiger partial charge in [0.15, 0.2) is 0 Å². The fraction of sp³-hybridized carbons (Fsp3) is 0.226. The van der Waals surface area contributed by atoms with E-state index in [1.807, 2.05) is 0 Å². The second-order valence-corrected chi connectivity index (χ2v) is 21.2. The van der Waals surface area contributed by atoms with Gasteiger partial charge in [0.2, 0.25) is 0 Å². The van der Waals surface area contributed by atoms with Crippen LogP contribution in [0.25, 0.3) is 38.6 Å². The van der Waals surface area contributed by atoms with Gasteiger partial charge in [-0.05, 0) is 141 Å². The highest BCUT2D eigenvalue weighted by molar-refractivity contribution is 7.00. The van der Waals surface area contributed by atoms with Gasteiger partial charge in [0.25, 0.3) is 6.71 Å². The molecule has 3 nitrogen and oxygen atoms in total. The van der Waals surface area contributed by atoms with E-state index in [9.17, 15) is 0 Å². The molecule has 0 radical (unpaired) electrons. The molecule has 3 aliphatic rings. The summed E-state index contributed by atoms with van der Waals surface area (Å²) in [6.07, 6.45) is 6.61. The highest BCUT2D eigenvalue weighted by Crippen LogP contribution is 2.48. The minimum absolute atomic E-state index is 0.0136. The maximum Gasteiger partial charge on any atom is 0.252 e. The quantitative estimate of drug-likeness (QED) is 0.160. The lowest BCUT2D eigenvalue weighted by atomic mass is 9.33. The van der Waals surface area contributed by atoms with Crippen LogP contribution in [0, 0.1) is 0 Å². The van der Waals surface area contributed by atoms with Crippen LogP contribution in [0.3, 0.4) is 0 Å². The number of aromatic nitrogens is 1. The Bertz CT molecular complexity index is 3310. The molecular formula is C62H58BN3. The molecular weight excluding hydrogens is 798 g/mol. The first-order chi connectivity index (χ1) is 32.0. The van der Waals surface area contributed by atoms with E-state index in [0.717, 1.165) is 5.69 Å². The first-order valence-electron chi connectivity index (χ1n) is 24.3. The third kappa shape index (κ3) is 6.55. The predicted octanol–water partition coefficient (Wildman–Crippen LogP) is 15.2. The molecule has 0 amide bonds. The van der Waals surface area contributed by atoms with Crippen LogP contribution in [0.15, 0.2) is 176 Å². The first kappa shape index (κ1) is 40.7. The van der Waals surface area contributed by atoms with Gasteiger partial charge >= 0.3 is 0 Å². The largest absolute Gasteiger partial charge is 0.311 e. The Labute approximate surface area is 391 Å². The van der Waals surface area contributed by atoms with Crippen molar-refractivity contribution in [1.29, 1.82) is 0 Å². The molecule has 324 valence electrons. The smallest absolute Gasteiger partial charge is 0.252 e. The number of hydrogen-bond donors (Lipinski definition) is 0. The van der Waals surface area contributed by atoms with Crippen molar-refractivity contribution < 1.29 is 0 Å². The van der Waals surface area contributed by atoms with E-state index in [4.69, 9.17) is 0 Å². The van der Waals surface area contributed by atoms with Crippen molar-refractivity contribution in [2.75, 3.05) is 9.80 Å². The monoisotopic (exact) mass is 855 g/mol. The molecule has 66 heavy (non-hydrogen) atoms. The molecule has 0 N–H and O–H groups in total. The van der Waals surface area contributed by atoms with Gasteiger partial charge in [0.1, 0.15) is 0 Å². The average molecular weight is 856 g/mol. The summed E-state index contributed by atoms with van der Waals surface area (Å²) >= 11 is 0. The molecule has 1 saturated carbocycles. The lowest BCUT2D eigenvalue weighted by Crippen LogP contribution is -2.61. The van der Waals surface area contributed by atoms with Crippen LogP contribution in [0.1, 0.15) is 96.3 Å². The molecule has 1 aromatic heterocycles. The van der Waals surface area contributed by atoms with Crippen molar-refractivity contribution in [3.63, 3.8) is 0 Å². The van der Waals surface area contributed by atoms with Gasteiger partial charge in [0.05, 0.1) is 11.0 Å². The Kier molecular flexibility index (Phi) is 9.51. The van der Waals surface area contributed by atoms with E-state index < -0.39 is 0 Å². The average Bonchev–Trinajstić information content (AvgIpc) is 3.67. The third-order valence-electron chi connectivity index (χ3n) is 15.1. The molecule has 1 fully saturated rings. The summed E-state index contributed by atoms with van der Waals surface area (Å²) in [7, 11) is 0. The maximum atomic E-state index is 2.57. The van der Waals surface area contributed by atoms with Gasteiger partial charge in [0, 0.05) is 56.1 Å². The molecule has 4 heteroatoms. The summed E-state index contributed by atoms with van der Waals surface area (Å²) in [5.74, 6) is 0.643. The zero-order valence-corrected chi connectivity index (χ0v) is 39.3. The standard InChI is InChI=1S/C62H58BN3/c1-61(2,3)44-32-36-55-52(39-44)63-53-40-45(62(4,5)6)38-51(60(53)66(47-23-14-9-15-24-47)57-28-18-27-56(59(57)63)65(55)46-21-12-8-13-22-46)42-29-33-48(34-30-42)64-54-26-17-16-25-49(54)50-35-31-43(37-58(50)64)41-19-10-7-11-20-41/h8-9,12-18,21-41H,7,10-11,19-20H2,1-6H3. The lowest BCUT2D eigenvalue weighted by molar-refractivity contribution is 0.444. The van der Waals surface area contributed by atoms with E-state index in [1.54, 1.807) is 0 Å². The number of para-hydroxylation sites is 3. The number of rotatable bonds is 5. The molecule has 1 aliphatic carbocycles. The number of anilines is 6. The van der Waals surface area contributed by atoms with E-state index in [2.05, 4.69) is 232 Å². The van der Waals surface area contributed by atoms with Crippen molar-refractivity contribution in [1.82, 2.24) is 4.57 Å². The Morgan fingerprint density at radius 1 is 0.455 bits per heavy atom. The zero-order chi connectivity index (χ0) is 44.9. The topological polar surface area (TPSA) is 11.4 Å². The molecule has 0 spiro atoms. The summed E-state index contributed by atoms with van der Waals surface area (Å²) in [5, 5.41) is 2.63. The summed E-state index contributed by atoms with van der Waals surface area (Å²) in [6, 6.07) is 67.1. The summed E-state index contributed by atoms with van der Waals surface area (Å²) in [4.78, 5) is 5.08. The Hall–Kier alpha value is -6.78. The van der Waals surface area contributed by atoms with Gasteiger partial charge < -0.3 is 14.4 Å². The lowest BCUT2D eigenvalue weighted by Gasteiger charge is -2.45. The second-order valence-electron chi connectivity index (χ2n) is 21.2. The van der Waals surface area contributed by atoms with Crippen LogP contribution in [-0.2, 0) is 10.8 Å². The second kappa shape index (κ2) is 15.4. The van der Waals surface area contributed by atoms with Crippen LogP contribution in [0.4, 0.5) is 34.1 Å². The van der Waals surface area contributed by atoms with Crippen LogP contribution >= 0.6 is 0 Å². The fourth-order valence-corrected chi connectivity index (χ4v) is 11.6. The molecule has 8 aromatic carbocycles. The Morgan fingerprint density at radius 3 is 1.77 bits per heavy atom. The number of nitrogens with zero attached hydrogens (tertiary/aromatic N) is 3. The SMILES string of the molecule is CC(C)(C)c1ccc2c(c1)B1c3cc(C(C)(C)C)cc(-c4ccc(-n5c6ccccc6c6ccc(C7CCCCC7)cc65)cc4)c3N(c3ccccc3)c3cccc(c31)N2c1ccccc1. The third-order valence-corrected chi connectivity index (χ3v) is 15.1. The van der Waals surface area contributed by atoms with Crippen molar-refractivity contribution in [2.24, 2.45) is 0 Å². The van der Waals surface area contributed by atoms with E-state index in [0.29, 0.717) is 5.92 Å². The molecule has 0 bridgehead atoms. The van der Waals surface area contributed by atoms with Gasteiger partial charge in [-0.3, -0.25) is 0 Å². The highest BCUT2D eigenvalue weighted by atomic mass is 15.2. The van der Waals surface area contributed by atoms with Gasteiger partial charge in [-0.2, -0.15) is 0 Å². The summed E-state index contributed by atoms with van der Waals surface area (Å²) in [5.41, 5.74) is 21.6. The Balaban J connectivity index is 1.10. The minimum Gasteiger partial charge on any atom is -0.311 e. The minimum atomic E-state index is -0.0963. The van der Waals surface area contributed by atoms with Gasteiger partial charge in [-0.25, -0.2) is 0 Å². The summed E-state index contributed by atoms with van der Waals surface area (Å²) < 4.78 is 2.51. The number of hydrogen-bond acceptors (Lipinski definition) is 2. The molecule has 0 saturated heterocycles. The molecule has 9 aromatic rings. The van der Waals surface area contributed by atoms with Crippen molar-refractivity contribution in [2.45, 2.75) is 90.4 Å². The van der Waals surface area contributed by atoms with Crippen molar-refractivity contribution in [3.8, 4) is 16.8 Å². The molecule has 0 atom stereocenters. The number of fused-ring (bicyclic) bond motifs is 7.